The molecule has 0 bridgehead atoms. The minimum atomic E-state index is -0.829. The number of amides is 2. The number of carbonyl (C=O) groups excluding carboxylic acids is 3. The molecular formula is C27H27FN4O4. The normalized spacial score (nSPS) is 15.7. The smallest absolute Gasteiger partial charge is 0.337 e. The predicted octanol–water partition coefficient (Wildman–Crippen LogP) is 2.54. The number of aromatic nitrogens is 1. The number of nitrogens with two attached hydrogens (primary N) is 1. The molecule has 3 aromatic rings. The number of nitrogens with one attached hydrogen (secondary N) is 1. The number of rotatable bonds is 8. The Kier molecular flexibility index (Phi) is 7.70. The Morgan fingerprint density at radius 1 is 1.19 bits per heavy atom. The summed E-state index contributed by atoms with van der Waals surface area (Å²) < 4.78 is 18.7. The molecule has 186 valence electrons. The van der Waals surface area contributed by atoms with E-state index in [1.54, 1.807) is 65.7 Å². The lowest BCUT2D eigenvalue weighted by atomic mass is 9.99. The van der Waals surface area contributed by atoms with Gasteiger partial charge >= 0.3 is 5.97 Å². The van der Waals surface area contributed by atoms with Crippen LogP contribution in [0.4, 0.5) is 10.1 Å². The Bertz CT molecular complexity index is 1280. The third-order valence-corrected chi connectivity index (χ3v) is 6.03. The highest BCUT2D eigenvalue weighted by Crippen LogP contribution is 2.28. The van der Waals surface area contributed by atoms with Gasteiger partial charge in [-0.3, -0.25) is 14.6 Å². The molecule has 36 heavy (non-hydrogen) atoms. The van der Waals surface area contributed by atoms with Crippen LogP contribution in [0, 0.1) is 5.82 Å². The summed E-state index contributed by atoms with van der Waals surface area (Å²) in [5.41, 5.74) is 8.95. The van der Waals surface area contributed by atoms with Gasteiger partial charge in [-0.15, -0.1) is 0 Å². The molecule has 4 rings (SSSR count). The van der Waals surface area contributed by atoms with E-state index in [9.17, 15) is 18.8 Å². The van der Waals surface area contributed by atoms with E-state index in [-0.39, 0.29) is 37.5 Å². The van der Waals surface area contributed by atoms with Crippen molar-refractivity contribution in [3.63, 3.8) is 0 Å². The highest BCUT2D eigenvalue weighted by molar-refractivity contribution is 6.01. The molecule has 9 heteroatoms. The minimum absolute atomic E-state index is 0.0611. The molecule has 2 heterocycles. The van der Waals surface area contributed by atoms with Gasteiger partial charge in [0.1, 0.15) is 11.9 Å². The number of carbonyl (C=O) groups is 3. The van der Waals surface area contributed by atoms with Gasteiger partial charge in [-0.2, -0.15) is 0 Å². The average molecular weight is 491 g/mol. The topological polar surface area (TPSA) is 115 Å². The van der Waals surface area contributed by atoms with Crippen LogP contribution in [0.2, 0.25) is 0 Å². The fourth-order valence-corrected chi connectivity index (χ4v) is 4.30. The van der Waals surface area contributed by atoms with Gasteiger partial charge in [-0.05, 0) is 47.9 Å². The molecular weight excluding hydrogens is 463 g/mol. The molecule has 2 atom stereocenters. The van der Waals surface area contributed by atoms with Gasteiger partial charge in [0.15, 0.2) is 0 Å². The van der Waals surface area contributed by atoms with Gasteiger partial charge < -0.3 is 20.7 Å². The summed E-state index contributed by atoms with van der Waals surface area (Å²) in [4.78, 5) is 44.1. The number of benzene rings is 2. The molecule has 0 radical (unpaired) electrons. The summed E-state index contributed by atoms with van der Waals surface area (Å²) in [7, 11) is 1.31. The average Bonchev–Trinajstić information content (AvgIpc) is 2.87. The Morgan fingerprint density at radius 3 is 2.78 bits per heavy atom. The van der Waals surface area contributed by atoms with E-state index in [4.69, 9.17) is 10.5 Å². The van der Waals surface area contributed by atoms with E-state index in [1.807, 2.05) is 0 Å². The number of fused-ring (bicyclic) bond motifs is 1. The number of anilines is 1. The fourth-order valence-electron chi connectivity index (χ4n) is 4.30. The third kappa shape index (κ3) is 5.75. The van der Waals surface area contributed by atoms with Crippen LogP contribution in [-0.4, -0.2) is 42.0 Å². The van der Waals surface area contributed by atoms with E-state index in [1.165, 1.54) is 13.2 Å². The Morgan fingerprint density at radius 2 is 2.00 bits per heavy atom. The number of nitrogens with zero attached hydrogens (tertiary/aromatic N) is 2. The molecule has 0 spiro atoms. The van der Waals surface area contributed by atoms with E-state index >= 15 is 0 Å². The Hall–Kier alpha value is -4.11. The molecule has 1 aliphatic rings. The van der Waals surface area contributed by atoms with Crippen LogP contribution in [0.1, 0.15) is 33.6 Å². The van der Waals surface area contributed by atoms with E-state index in [0.717, 1.165) is 5.56 Å². The van der Waals surface area contributed by atoms with Crippen molar-refractivity contribution in [2.24, 2.45) is 5.73 Å². The van der Waals surface area contributed by atoms with E-state index < -0.39 is 24.0 Å². The van der Waals surface area contributed by atoms with Gasteiger partial charge in [0.05, 0.1) is 30.6 Å². The molecule has 3 N–H and O–H groups in total. The van der Waals surface area contributed by atoms with Crippen molar-refractivity contribution in [3.8, 4) is 0 Å². The Balaban J connectivity index is 1.47. The first-order valence-electron chi connectivity index (χ1n) is 11.6. The standard InChI is InChI=1S/C27H27FN4O4/c1-36-27(35)19-8-4-6-17(12-19)16-32-24-10-5-11-30-22(24)15-23(26(32)34)31-25(33)14-20(29)13-18-7-2-3-9-21(18)28/h2-12,20,23H,13-16,29H2,1H3,(H,31,33)/t20-,23?/m1/s1. The summed E-state index contributed by atoms with van der Waals surface area (Å²) in [6, 6.07) is 15.2. The van der Waals surface area contributed by atoms with Crippen molar-refractivity contribution in [2.45, 2.75) is 37.9 Å². The zero-order valence-electron chi connectivity index (χ0n) is 19.8. The van der Waals surface area contributed by atoms with Gasteiger partial charge in [0, 0.05) is 25.1 Å². The van der Waals surface area contributed by atoms with Crippen LogP contribution in [0.5, 0.6) is 0 Å². The van der Waals surface area contributed by atoms with Gasteiger partial charge in [-0.1, -0.05) is 30.3 Å². The van der Waals surface area contributed by atoms with Crippen molar-refractivity contribution in [2.75, 3.05) is 12.0 Å². The zero-order valence-corrected chi connectivity index (χ0v) is 19.8. The van der Waals surface area contributed by atoms with Crippen LogP contribution in [0.25, 0.3) is 0 Å². The molecule has 1 aromatic heterocycles. The quantitative estimate of drug-likeness (QED) is 0.469. The summed E-state index contributed by atoms with van der Waals surface area (Å²) in [5.74, 6) is -1.54. The fraction of sp³-hybridized carbons (Fsp3) is 0.259. The maximum Gasteiger partial charge on any atom is 0.337 e. The molecule has 2 amide bonds. The SMILES string of the molecule is COC(=O)c1cccc(CN2C(=O)C(NC(=O)C[C@H](N)Cc3ccccc3F)Cc3ncccc32)c1. The third-order valence-electron chi connectivity index (χ3n) is 6.03. The van der Waals surface area contributed by atoms with Crippen LogP contribution >= 0.6 is 0 Å². The molecule has 1 aliphatic heterocycles. The van der Waals surface area contributed by atoms with Crippen molar-refractivity contribution in [1.29, 1.82) is 0 Å². The zero-order chi connectivity index (χ0) is 25.7. The monoisotopic (exact) mass is 490 g/mol. The summed E-state index contributed by atoms with van der Waals surface area (Å²) in [6.07, 6.45) is 2.01. The van der Waals surface area contributed by atoms with Crippen LogP contribution < -0.4 is 16.0 Å². The maximum atomic E-state index is 13.9. The number of pyridine rings is 1. The number of halogens is 1. The van der Waals surface area contributed by atoms with Crippen molar-refractivity contribution in [1.82, 2.24) is 10.3 Å². The number of methoxy groups -OCH3 is 1. The van der Waals surface area contributed by atoms with Crippen molar-refractivity contribution in [3.05, 3.63) is 95.1 Å². The van der Waals surface area contributed by atoms with Crippen molar-refractivity contribution < 1.29 is 23.5 Å². The lowest BCUT2D eigenvalue weighted by molar-refractivity contribution is -0.128. The molecule has 0 aliphatic carbocycles. The van der Waals surface area contributed by atoms with Crippen molar-refractivity contribution >= 4 is 23.5 Å². The largest absolute Gasteiger partial charge is 0.465 e. The first kappa shape index (κ1) is 25.0. The highest BCUT2D eigenvalue weighted by atomic mass is 19.1. The lowest BCUT2D eigenvalue weighted by Gasteiger charge is -2.34. The Labute approximate surface area is 208 Å². The molecule has 2 aromatic carbocycles. The predicted molar refractivity (Wildman–Crippen MR) is 132 cm³/mol. The second-order valence-electron chi connectivity index (χ2n) is 8.67. The first-order chi connectivity index (χ1) is 17.4. The molecule has 0 saturated heterocycles. The summed E-state index contributed by atoms with van der Waals surface area (Å²) in [6.45, 7) is 0.182. The van der Waals surface area contributed by atoms with Crippen LogP contribution in [0.3, 0.4) is 0 Å². The first-order valence-corrected chi connectivity index (χ1v) is 11.6. The number of esters is 1. The van der Waals surface area contributed by atoms with E-state index in [0.29, 0.717) is 22.5 Å². The number of hydrogen-bond donors (Lipinski definition) is 2. The van der Waals surface area contributed by atoms with Crippen LogP contribution in [-0.2, 0) is 33.7 Å². The summed E-state index contributed by atoms with van der Waals surface area (Å²) >= 11 is 0. The molecule has 0 saturated carbocycles. The maximum absolute atomic E-state index is 13.9. The number of hydrogen-bond acceptors (Lipinski definition) is 6. The van der Waals surface area contributed by atoms with Gasteiger partial charge in [0.2, 0.25) is 11.8 Å². The lowest BCUT2D eigenvalue weighted by Crippen LogP contribution is -2.53. The molecule has 8 nitrogen and oxygen atoms in total. The van der Waals surface area contributed by atoms with Crippen LogP contribution in [0.15, 0.2) is 66.9 Å². The summed E-state index contributed by atoms with van der Waals surface area (Å²) in [5, 5.41) is 2.78. The van der Waals surface area contributed by atoms with Gasteiger partial charge in [-0.25, -0.2) is 9.18 Å². The second-order valence-corrected chi connectivity index (χ2v) is 8.67. The second kappa shape index (κ2) is 11.1. The number of ether oxygens (including phenoxy) is 1. The molecule has 0 fully saturated rings. The van der Waals surface area contributed by atoms with Gasteiger partial charge in [0.25, 0.3) is 0 Å². The molecule has 1 unspecified atom stereocenters. The van der Waals surface area contributed by atoms with E-state index in [2.05, 4.69) is 10.3 Å². The minimum Gasteiger partial charge on any atom is -0.465 e. The highest BCUT2D eigenvalue weighted by Gasteiger charge is 2.34.